The van der Waals surface area contributed by atoms with Gasteiger partial charge in [-0.25, -0.2) is 4.98 Å². The zero-order valence-electron chi connectivity index (χ0n) is 12.6. The van der Waals surface area contributed by atoms with Crippen molar-refractivity contribution in [3.8, 4) is 0 Å². The van der Waals surface area contributed by atoms with Crippen molar-refractivity contribution in [2.75, 3.05) is 38.1 Å². The van der Waals surface area contributed by atoms with E-state index < -0.39 is 0 Å². The van der Waals surface area contributed by atoms with E-state index in [4.69, 9.17) is 0 Å². The first kappa shape index (κ1) is 14.3. The Kier molecular flexibility index (Phi) is 4.42. The van der Waals surface area contributed by atoms with Gasteiger partial charge in [-0.3, -0.25) is 0 Å². The number of nitrogens with one attached hydrogen (secondary N) is 1. The predicted molar refractivity (Wildman–Crippen MR) is 80.5 cm³/mol. The van der Waals surface area contributed by atoms with Gasteiger partial charge in [0.05, 0.1) is 0 Å². The number of hydrogen-bond acceptors (Lipinski definition) is 4. The van der Waals surface area contributed by atoms with Gasteiger partial charge in [0.1, 0.15) is 5.82 Å². The molecule has 4 nitrogen and oxygen atoms in total. The van der Waals surface area contributed by atoms with Crippen LogP contribution in [0.4, 0.5) is 5.82 Å². The fourth-order valence-electron chi connectivity index (χ4n) is 2.15. The lowest BCUT2D eigenvalue weighted by Gasteiger charge is -2.33. The summed E-state index contributed by atoms with van der Waals surface area (Å²) in [5, 5.41) is 3.52. The summed E-state index contributed by atoms with van der Waals surface area (Å²) in [6.45, 7) is 11.8. The van der Waals surface area contributed by atoms with E-state index in [1.54, 1.807) is 0 Å². The van der Waals surface area contributed by atoms with Crippen LogP contribution in [0, 0.1) is 0 Å². The number of anilines is 1. The van der Waals surface area contributed by atoms with Crippen molar-refractivity contribution in [3.63, 3.8) is 0 Å². The van der Waals surface area contributed by atoms with E-state index in [-0.39, 0.29) is 5.54 Å². The lowest BCUT2D eigenvalue weighted by molar-refractivity contribution is 0.312. The molecule has 0 radical (unpaired) electrons. The van der Waals surface area contributed by atoms with Crippen molar-refractivity contribution in [1.82, 2.24) is 15.2 Å². The summed E-state index contributed by atoms with van der Waals surface area (Å²) < 4.78 is 0. The summed E-state index contributed by atoms with van der Waals surface area (Å²) in [4.78, 5) is 9.25. The highest BCUT2D eigenvalue weighted by Crippen LogP contribution is 2.15. The van der Waals surface area contributed by atoms with E-state index >= 15 is 0 Å². The van der Waals surface area contributed by atoms with Gasteiger partial charge in [-0.2, -0.15) is 0 Å². The Morgan fingerprint density at radius 2 is 1.89 bits per heavy atom. The number of rotatable bonds is 3. The smallest absolute Gasteiger partial charge is 0.128 e. The number of pyridine rings is 1. The molecule has 1 fully saturated rings. The maximum absolute atomic E-state index is 4.51. The standard InChI is InChI=1S/C15H26N4/c1-15(2,3)17-12-13-5-6-16-14(11-13)19-9-7-18(4)8-10-19/h5-6,11,17H,7-10,12H2,1-4H3. The molecule has 0 amide bonds. The van der Waals surface area contributed by atoms with Crippen LogP contribution in [-0.2, 0) is 6.54 Å². The Bertz CT molecular complexity index is 403. The second-order valence-corrected chi connectivity index (χ2v) is 6.42. The van der Waals surface area contributed by atoms with Gasteiger partial charge in [0, 0.05) is 44.5 Å². The third kappa shape index (κ3) is 4.48. The fourth-order valence-corrected chi connectivity index (χ4v) is 2.15. The Balaban J connectivity index is 1.99. The van der Waals surface area contributed by atoms with Crippen molar-refractivity contribution in [1.29, 1.82) is 0 Å². The summed E-state index contributed by atoms with van der Waals surface area (Å²) in [5.74, 6) is 1.11. The quantitative estimate of drug-likeness (QED) is 0.899. The molecule has 2 heterocycles. The minimum absolute atomic E-state index is 0.150. The highest BCUT2D eigenvalue weighted by atomic mass is 15.3. The summed E-state index contributed by atoms with van der Waals surface area (Å²) in [7, 11) is 2.18. The summed E-state index contributed by atoms with van der Waals surface area (Å²) in [6, 6.07) is 4.31. The molecule has 19 heavy (non-hydrogen) atoms. The molecule has 4 heteroatoms. The maximum atomic E-state index is 4.51. The zero-order chi connectivity index (χ0) is 13.9. The fraction of sp³-hybridized carbons (Fsp3) is 0.667. The molecule has 1 aliphatic rings. The van der Waals surface area contributed by atoms with Crippen LogP contribution < -0.4 is 10.2 Å². The molecule has 0 spiro atoms. The molecular formula is C15H26N4. The Labute approximate surface area is 116 Å². The Morgan fingerprint density at radius 3 is 2.53 bits per heavy atom. The molecule has 0 atom stereocenters. The van der Waals surface area contributed by atoms with Crippen LogP contribution in [-0.4, -0.2) is 48.6 Å². The van der Waals surface area contributed by atoms with Gasteiger partial charge in [-0.1, -0.05) is 0 Å². The molecule has 0 bridgehead atoms. The third-order valence-corrected chi connectivity index (χ3v) is 3.46. The normalized spacial score (nSPS) is 17.8. The molecule has 0 aliphatic carbocycles. The lowest BCUT2D eigenvalue weighted by Crippen LogP contribution is -2.44. The highest BCUT2D eigenvalue weighted by Gasteiger charge is 2.15. The van der Waals surface area contributed by atoms with Crippen molar-refractivity contribution in [3.05, 3.63) is 23.9 Å². The number of piperazine rings is 1. The molecule has 0 unspecified atom stereocenters. The van der Waals surface area contributed by atoms with Gasteiger partial charge in [-0.15, -0.1) is 0 Å². The van der Waals surface area contributed by atoms with Gasteiger partial charge in [0.15, 0.2) is 0 Å². The van der Waals surface area contributed by atoms with E-state index in [0.29, 0.717) is 0 Å². The van der Waals surface area contributed by atoms with Gasteiger partial charge < -0.3 is 15.1 Å². The molecule has 1 saturated heterocycles. The average molecular weight is 262 g/mol. The van der Waals surface area contributed by atoms with Crippen LogP contribution in [0.1, 0.15) is 26.3 Å². The van der Waals surface area contributed by atoms with Crippen molar-refractivity contribution in [2.24, 2.45) is 0 Å². The van der Waals surface area contributed by atoms with Crippen LogP contribution in [0.3, 0.4) is 0 Å². The van der Waals surface area contributed by atoms with Crippen LogP contribution in [0.15, 0.2) is 18.3 Å². The monoisotopic (exact) mass is 262 g/mol. The summed E-state index contributed by atoms with van der Waals surface area (Å²) in [6.07, 6.45) is 1.92. The second kappa shape index (κ2) is 5.88. The van der Waals surface area contributed by atoms with Gasteiger partial charge in [0.25, 0.3) is 0 Å². The van der Waals surface area contributed by atoms with Crippen LogP contribution in [0.2, 0.25) is 0 Å². The van der Waals surface area contributed by atoms with E-state index in [0.717, 1.165) is 38.5 Å². The molecular weight excluding hydrogens is 236 g/mol. The van der Waals surface area contributed by atoms with Gasteiger partial charge in [-0.05, 0) is 45.5 Å². The summed E-state index contributed by atoms with van der Waals surface area (Å²) in [5.41, 5.74) is 1.45. The van der Waals surface area contributed by atoms with Crippen LogP contribution in [0.5, 0.6) is 0 Å². The van der Waals surface area contributed by atoms with Crippen molar-refractivity contribution >= 4 is 5.82 Å². The van der Waals surface area contributed by atoms with Gasteiger partial charge in [0.2, 0.25) is 0 Å². The molecule has 1 aromatic rings. The largest absolute Gasteiger partial charge is 0.354 e. The number of aromatic nitrogens is 1. The zero-order valence-corrected chi connectivity index (χ0v) is 12.6. The minimum Gasteiger partial charge on any atom is -0.354 e. The first-order valence-corrected chi connectivity index (χ1v) is 7.07. The maximum Gasteiger partial charge on any atom is 0.128 e. The lowest BCUT2D eigenvalue weighted by atomic mass is 10.1. The third-order valence-electron chi connectivity index (χ3n) is 3.46. The predicted octanol–water partition coefficient (Wildman–Crippen LogP) is 1.72. The molecule has 1 aliphatic heterocycles. The Hall–Kier alpha value is -1.13. The van der Waals surface area contributed by atoms with E-state index in [9.17, 15) is 0 Å². The number of hydrogen-bond donors (Lipinski definition) is 1. The van der Waals surface area contributed by atoms with E-state index in [1.165, 1.54) is 5.56 Å². The SMILES string of the molecule is CN1CCN(c2cc(CNC(C)(C)C)ccn2)CC1. The first-order chi connectivity index (χ1) is 8.94. The first-order valence-electron chi connectivity index (χ1n) is 7.07. The van der Waals surface area contributed by atoms with Gasteiger partial charge >= 0.3 is 0 Å². The highest BCUT2D eigenvalue weighted by molar-refractivity contribution is 5.41. The van der Waals surface area contributed by atoms with Crippen molar-refractivity contribution in [2.45, 2.75) is 32.9 Å². The van der Waals surface area contributed by atoms with E-state index in [2.05, 4.69) is 60.1 Å². The van der Waals surface area contributed by atoms with Crippen LogP contribution in [0.25, 0.3) is 0 Å². The second-order valence-electron chi connectivity index (χ2n) is 6.42. The summed E-state index contributed by atoms with van der Waals surface area (Å²) >= 11 is 0. The van der Waals surface area contributed by atoms with E-state index in [1.807, 2.05) is 6.20 Å². The number of likely N-dealkylation sites (N-methyl/N-ethyl adjacent to an activating group) is 1. The topological polar surface area (TPSA) is 31.4 Å². The minimum atomic E-state index is 0.150. The average Bonchev–Trinajstić information content (AvgIpc) is 2.37. The molecule has 0 saturated carbocycles. The molecule has 2 rings (SSSR count). The molecule has 0 aromatic carbocycles. The number of nitrogens with zero attached hydrogens (tertiary/aromatic N) is 3. The Morgan fingerprint density at radius 1 is 1.21 bits per heavy atom. The van der Waals surface area contributed by atoms with Crippen molar-refractivity contribution < 1.29 is 0 Å². The molecule has 1 aromatic heterocycles. The van der Waals surface area contributed by atoms with Crippen LogP contribution >= 0.6 is 0 Å². The molecule has 106 valence electrons. The molecule has 1 N–H and O–H groups in total.